The lowest BCUT2D eigenvalue weighted by Gasteiger charge is -2.05. The van der Waals surface area contributed by atoms with Gasteiger partial charge in [0, 0.05) is 12.3 Å². The van der Waals surface area contributed by atoms with Crippen LogP contribution in [-0.2, 0) is 11.2 Å². The number of carbonyl (C=O) groups excluding carboxylic acids is 1. The highest BCUT2D eigenvalue weighted by Crippen LogP contribution is 2.11. The molecule has 0 radical (unpaired) electrons. The van der Waals surface area contributed by atoms with E-state index in [9.17, 15) is 4.79 Å². The van der Waals surface area contributed by atoms with E-state index >= 15 is 0 Å². The molecule has 0 aromatic heterocycles. The van der Waals surface area contributed by atoms with Gasteiger partial charge in [-0.2, -0.15) is 11.8 Å². The maximum absolute atomic E-state index is 11.5. The summed E-state index contributed by atoms with van der Waals surface area (Å²) >= 11 is 1.65. The summed E-state index contributed by atoms with van der Waals surface area (Å²) < 4.78 is 0. The number of carbonyl (C=O) groups is 1. The molecular formula is C13H19NO2S. The first kappa shape index (κ1) is 14.1. The van der Waals surface area contributed by atoms with Crippen molar-refractivity contribution < 1.29 is 9.90 Å². The maximum Gasteiger partial charge on any atom is 0.234 e. The molecule has 4 heteroatoms. The van der Waals surface area contributed by atoms with E-state index < -0.39 is 0 Å². The van der Waals surface area contributed by atoms with Crippen molar-refractivity contribution in [2.75, 3.05) is 23.4 Å². The van der Waals surface area contributed by atoms with Gasteiger partial charge < -0.3 is 10.4 Å². The van der Waals surface area contributed by atoms with Crippen molar-refractivity contribution >= 4 is 23.4 Å². The van der Waals surface area contributed by atoms with Crippen LogP contribution in [0.25, 0.3) is 0 Å². The molecule has 0 atom stereocenters. The molecule has 17 heavy (non-hydrogen) atoms. The summed E-state index contributed by atoms with van der Waals surface area (Å²) in [6.45, 7) is 2.25. The average molecular weight is 253 g/mol. The van der Waals surface area contributed by atoms with Crippen LogP contribution < -0.4 is 5.32 Å². The van der Waals surface area contributed by atoms with E-state index in [0.29, 0.717) is 12.2 Å². The number of rotatable bonds is 7. The van der Waals surface area contributed by atoms with Crippen molar-refractivity contribution in [2.45, 2.75) is 19.8 Å². The molecule has 1 aromatic rings. The Balaban J connectivity index is 2.37. The Kier molecular flexibility index (Phi) is 6.74. The van der Waals surface area contributed by atoms with E-state index in [-0.39, 0.29) is 12.5 Å². The molecule has 0 saturated carbocycles. The third kappa shape index (κ3) is 5.75. The van der Waals surface area contributed by atoms with Crippen LogP contribution in [0.1, 0.15) is 18.9 Å². The molecule has 0 fully saturated rings. The second-order valence-corrected chi connectivity index (χ2v) is 4.88. The van der Waals surface area contributed by atoms with Crippen LogP contribution >= 0.6 is 11.8 Å². The number of thioether (sulfide) groups is 1. The molecule has 3 nitrogen and oxygen atoms in total. The fourth-order valence-corrected chi connectivity index (χ4v) is 2.08. The smallest absolute Gasteiger partial charge is 0.234 e. The molecule has 94 valence electrons. The van der Waals surface area contributed by atoms with Crippen LogP contribution in [0, 0.1) is 0 Å². The van der Waals surface area contributed by atoms with E-state index in [1.54, 1.807) is 11.8 Å². The first-order chi connectivity index (χ1) is 8.26. The monoisotopic (exact) mass is 253 g/mol. The standard InChI is InChI=1S/C13H19NO2S/c1-2-9-17-10-13(16)14-12-5-3-11(4-6-12)7-8-15/h3-6,15H,2,7-10H2,1H3,(H,14,16). The molecule has 0 saturated heterocycles. The van der Waals surface area contributed by atoms with Crippen molar-refractivity contribution in [3.63, 3.8) is 0 Å². The molecule has 0 unspecified atom stereocenters. The lowest BCUT2D eigenvalue weighted by Crippen LogP contribution is -2.14. The minimum atomic E-state index is 0.0401. The van der Waals surface area contributed by atoms with Gasteiger partial charge >= 0.3 is 0 Å². The third-order valence-electron chi connectivity index (χ3n) is 2.22. The van der Waals surface area contributed by atoms with Crippen molar-refractivity contribution in [1.29, 1.82) is 0 Å². The Morgan fingerprint density at radius 2 is 2.06 bits per heavy atom. The van der Waals surface area contributed by atoms with Crippen LogP contribution in [-0.4, -0.2) is 29.1 Å². The highest BCUT2D eigenvalue weighted by Gasteiger charge is 2.02. The van der Waals surface area contributed by atoms with Crippen molar-refractivity contribution in [1.82, 2.24) is 0 Å². The largest absolute Gasteiger partial charge is 0.396 e. The Morgan fingerprint density at radius 3 is 2.65 bits per heavy atom. The number of hydrogen-bond acceptors (Lipinski definition) is 3. The predicted octanol–water partition coefficient (Wildman–Crippen LogP) is 2.30. The molecule has 0 aliphatic heterocycles. The minimum Gasteiger partial charge on any atom is -0.396 e. The van der Waals surface area contributed by atoms with Crippen molar-refractivity contribution in [2.24, 2.45) is 0 Å². The summed E-state index contributed by atoms with van der Waals surface area (Å²) in [4.78, 5) is 11.5. The second-order valence-electron chi connectivity index (χ2n) is 3.77. The molecule has 2 N–H and O–H groups in total. The van der Waals surface area contributed by atoms with Crippen molar-refractivity contribution in [3.8, 4) is 0 Å². The summed E-state index contributed by atoms with van der Waals surface area (Å²) in [5.41, 5.74) is 1.89. The molecule has 1 rings (SSSR count). The molecule has 0 aliphatic carbocycles. The van der Waals surface area contributed by atoms with Gasteiger partial charge in [-0.05, 0) is 36.3 Å². The maximum atomic E-state index is 11.5. The fraction of sp³-hybridized carbons (Fsp3) is 0.462. The van der Waals surface area contributed by atoms with Gasteiger partial charge in [-0.1, -0.05) is 19.1 Å². The van der Waals surface area contributed by atoms with Crippen LogP contribution in [0.4, 0.5) is 5.69 Å². The lowest BCUT2D eigenvalue weighted by molar-refractivity contribution is -0.113. The quantitative estimate of drug-likeness (QED) is 0.733. The van der Waals surface area contributed by atoms with Crippen LogP contribution in [0.3, 0.4) is 0 Å². The Labute approximate surface area is 107 Å². The Bertz CT molecular complexity index is 338. The zero-order valence-electron chi connectivity index (χ0n) is 10.1. The topological polar surface area (TPSA) is 49.3 Å². The number of nitrogens with one attached hydrogen (secondary N) is 1. The van der Waals surface area contributed by atoms with E-state index in [1.165, 1.54) is 0 Å². The minimum absolute atomic E-state index is 0.0401. The fourth-order valence-electron chi connectivity index (χ4n) is 1.39. The summed E-state index contributed by atoms with van der Waals surface area (Å²) in [7, 11) is 0. The van der Waals surface area contributed by atoms with Gasteiger partial charge in [-0.3, -0.25) is 4.79 Å². The van der Waals surface area contributed by atoms with E-state index in [2.05, 4.69) is 12.2 Å². The van der Waals surface area contributed by atoms with Gasteiger partial charge in [0.05, 0.1) is 5.75 Å². The van der Waals surface area contributed by atoms with Crippen molar-refractivity contribution in [3.05, 3.63) is 29.8 Å². The normalized spacial score (nSPS) is 10.2. The number of aliphatic hydroxyl groups excluding tert-OH is 1. The molecule has 0 spiro atoms. The molecule has 0 bridgehead atoms. The first-order valence-electron chi connectivity index (χ1n) is 5.83. The molecule has 0 heterocycles. The summed E-state index contributed by atoms with van der Waals surface area (Å²) in [6, 6.07) is 7.58. The van der Waals surface area contributed by atoms with E-state index in [1.807, 2.05) is 24.3 Å². The van der Waals surface area contributed by atoms with E-state index in [0.717, 1.165) is 23.4 Å². The van der Waals surface area contributed by atoms with Gasteiger partial charge in [0.15, 0.2) is 0 Å². The molecular weight excluding hydrogens is 234 g/mol. The van der Waals surface area contributed by atoms with E-state index in [4.69, 9.17) is 5.11 Å². The predicted molar refractivity (Wildman–Crippen MR) is 73.5 cm³/mol. The molecule has 1 amide bonds. The SMILES string of the molecule is CCCSCC(=O)Nc1ccc(CCO)cc1. The van der Waals surface area contributed by atoms with Gasteiger partial charge in [0.25, 0.3) is 0 Å². The van der Waals surface area contributed by atoms with Crippen LogP contribution in [0.5, 0.6) is 0 Å². The summed E-state index contributed by atoms with van der Waals surface area (Å²) in [5.74, 6) is 1.56. The van der Waals surface area contributed by atoms with Gasteiger partial charge in [0.2, 0.25) is 5.91 Å². The number of aliphatic hydroxyl groups is 1. The number of benzene rings is 1. The Morgan fingerprint density at radius 1 is 1.35 bits per heavy atom. The zero-order chi connectivity index (χ0) is 12.5. The third-order valence-corrected chi connectivity index (χ3v) is 3.38. The summed E-state index contributed by atoms with van der Waals surface area (Å²) in [6.07, 6.45) is 1.74. The molecule has 0 aliphatic rings. The number of anilines is 1. The highest BCUT2D eigenvalue weighted by molar-refractivity contribution is 7.99. The average Bonchev–Trinajstić information content (AvgIpc) is 2.32. The number of amides is 1. The van der Waals surface area contributed by atoms with Gasteiger partial charge in [-0.15, -0.1) is 0 Å². The Hall–Kier alpha value is -1.00. The zero-order valence-corrected chi connectivity index (χ0v) is 10.9. The van der Waals surface area contributed by atoms with Crippen LogP contribution in [0.2, 0.25) is 0 Å². The summed E-state index contributed by atoms with van der Waals surface area (Å²) in [5, 5.41) is 11.6. The first-order valence-corrected chi connectivity index (χ1v) is 6.99. The lowest BCUT2D eigenvalue weighted by atomic mass is 10.1. The van der Waals surface area contributed by atoms with Gasteiger partial charge in [-0.25, -0.2) is 0 Å². The van der Waals surface area contributed by atoms with Crippen LogP contribution in [0.15, 0.2) is 24.3 Å². The number of hydrogen-bond donors (Lipinski definition) is 2. The molecule has 1 aromatic carbocycles. The highest BCUT2D eigenvalue weighted by atomic mass is 32.2. The second kappa shape index (κ2) is 8.14. The van der Waals surface area contributed by atoms with Gasteiger partial charge in [0.1, 0.15) is 0 Å².